The first-order chi connectivity index (χ1) is 13.3. The molecule has 0 saturated carbocycles. The quantitative estimate of drug-likeness (QED) is 0.724. The fraction of sp³-hybridized carbons (Fsp3) is 0.476. The first-order valence-corrected chi connectivity index (χ1v) is 9.46. The molecule has 7 nitrogen and oxygen atoms in total. The van der Waals surface area contributed by atoms with Gasteiger partial charge < -0.3 is 9.84 Å². The number of imide groups is 1. The van der Waals surface area contributed by atoms with Crippen molar-refractivity contribution in [2.24, 2.45) is 17.8 Å². The number of carbonyl (C=O) groups excluding carboxylic acids is 2. The Bertz CT molecular complexity index is 817. The third-order valence-corrected chi connectivity index (χ3v) is 5.92. The maximum atomic E-state index is 12.9. The molecule has 4 unspecified atom stereocenters. The SMILES string of the molecule is CCN1C(=O)C2C(C=Cc3ccc(OC)cc3)NC(C(=O)O)(C(C)C)C2C1=O. The average Bonchev–Trinajstić information content (AvgIpc) is 3.15. The van der Waals surface area contributed by atoms with Gasteiger partial charge in [0.1, 0.15) is 11.3 Å². The van der Waals surface area contributed by atoms with Crippen LogP contribution in [0.1, 0.15) is 26.3 Å². The van der Waals surface area contributed by atoms with Crippen molar-refractivity contribution in [3.05, 3.63) is 35.9 Å². The standard InChI is InChI=1S/C21H26N2O5/c1-5-23-18(24)16-15(11-8-13-6-9-14(28-4)10-7-13)22-21(12(2)3,20(26)27)17(16)19(23)25/h6-12,15-17,22H,5H2,1-4H3,(H,26,27). The van der Waals surface area contributed by atoms with Crippen LogP contribution in [0.2, 0.25) is 0 Å². The number of fused-ring (bicyclic) bond motifs is 1. The number of carbonyl (C=O) groups is 3. The number of methoxy groups -OCH3 is 1. The molecule has 150 valence electrons. The molecule has 0 spiro atoms. The molecule has 2 aliphatic heterocycles. The van der Waals surface area contributed by atoms with Crippen molar-refractivity contribution in [1.82, 2.24) is 10.2 Å². The van der Waals surface area contributed by atoms with Gasteiger partial charge in [0, 0.05) is 12.6 Å². The zero-order valence-electron chi connectivity index (χ0n) is 16.5. The summed E-state index contributed by atoms with van der Waals surface area (Å²) in [6.45, 7) is 5.50. The predicted octanol–water partition coefficient (Wildman–Crippen LogP) is 1.78. The topological polar surface area (TPSA) is 95.9 Å². The van der Waals surface area contributed by atoms with E-state index >= 15 is 0 Å². The number of benzene rings is 1. The van der Waals surface area contributed by atoms with E-state index in [9.17, 15) is 19.5 Å². The van der Waals surface area contributed by atoms with E-state index in [0.29, 0.717) is 0 Å². The molecular weight excluding hydrogens is 360 g/mol. The molecule has 4 atom stereocenters. The number of likely N-dealkylation sites (tertiary alicyclic amines) is 1. The predicted molar refractivity (Wildman–Crippen MR) is 104 cm³/mol. The van der Waals surface area contributed by atoms with Gasteiger partial charge in [-0.05, 0) is 30.5 Å². The Balaban J connectivity index is 1.99. The Kier molecular flexibility index (Phi) is 5.30. The highest BCUT2D eigenvalue weighted by Gasteiger charge is 2.68. The summed E-state index contributed by atoms with van der Waals surface area (Å²) in [6.07, 6.45) is 3.62. The van der Waals surface area contributed by atoms with Crippen LogP contribution in [0.4, 0.5) is 0 Å². The van der Waals surface area contributed by atoms with Crippen molar-refractivity contribution in [1.29, 1.82) is 0 Å². The van der Waals surface area contributed by atoms with Gasteiger partial charge in [-0.25, -0.2) is 0 Å². The van der Waals surface area contributed by atoms with Gasteiger partial charge in [0.2, 0.25) is 11.8 Å². The molecule has 0 radical (unpaired) electrons. The summed E-state index contributed by atoms with van der Waals surface area (Å²) in [4.78, 5) is 39.2. The number of amides is 2. The first-order valence-electron chi connectivity index (χ1n) is 9.46. The minimum absolute atomic E-state index is 0.243. The van der Waals surface area contributed by atoms with E-state index in [1.807, 2.05) is 30.3 Å². The molecule has 0 bridgehead atoms. The molecule has 3 rings (SSSR count). The molecule has 2 aliphatic rings. The lowest BCUT2D eigenvalue weighted by atomic mass is 9.73. The van der Waals surface area contributed by atoms with Crippen LogP contribution in [-0.4, -0.2) is 53.0 Å². The fourth-order valence-corrected chi connectivity index (χ4v) is 4.42. The summed E-state index contributed by atoms with van der Waals surface area (Å²) in [5.41, 5.74) is -0.586. The van der Waals surface area contributed by atoms with Crippen LogP contribution >= 0.6 is 0 Å². The maximum Gasteiger partial charge on any atom is 0.325 e. The fourth-order valence-electron chi connectivity index (χ4n) is 4.42. The van der Waals surface area contributed by atoms with Gasteiger partial charge >= 0.3 is 5.97 Å². The van der Waals surface area contributed by atoms with Gasteiger partial charge in [-0.2, -0.15) is 0 Å². The van der Waals surface area contributed by atoms with E-state index in [2.05, 4.69) is 5.32 Å². The molecule has 2 fully saturated rings. The Morgan fingerprint density at radius 2 is 1.93 bits per heavy atom. The second kappa shape index (κ2) is 7.39. The van der Waals surface area contributed by atoms with Crippen molar-refractivity contribution in [2.75, 3.05) is 13.7 Å². The summed E-state index contributed by atoms with van der Waals surface area (Å²) in [5, 5.41) is 13.1. The molecule has 0 aliphatic carbocycles. The summed E-state index contributed by atoms with van der Waals surface area (Å²) < 4.78 is 5.14. The monoisotopic (exact) mass is 386 g/mol. The van der Waals surface area contributed by atoms with E-state index < -0.39 is 35.3 Å². The Labute approximate surface area is 164 Å². The van der Waals surface area contributed by atoms with Crippen molar-refractivity contribution in [2.45, 2.75) is 32.4 Å². The molecule has 2 saturated heterocycles. The van der Waals surface area contributed by atoms with Crippen LogP contribution in [0.5, 0.6) is 5.75 Å². The van der Waals surface area contributed by atoms with Crippen molar-refractivity contribution in [3.8, 4) is 5.75 Å². The molecule has 1 aromatic rings. The lowest BCUT2D eigenvalue weighted by molar-refractivity contribution is -0.153. The third kappa shape index (κ3) is 2.90. The van der Waals surface area contributed by atoms with E-state index in [1.54, 1.807) is 34.0 Å². The van der Waals surface area contributed by atoms with Gasteiger partial charge in [-0.1, -0.05) is 38.1 Å². The van der Waals surface area contributed by atoms with Crippen LogP contribution in [0.15, 0.2) is 30.3 Å². The number of carboxylic acids is 1. The van der Waals surface area contributed by atoms with E-state index in [1.165, 1.54) is 4.90 Å². The van der Waals surface area contributed by atoms with Crippen LogP contribution in [0.3, 0.4) is 0 Å². The third-order valence-electron chi connectivity index (χ3n) is 5.92. The highest BCUT2D eigenvalue weighted by atomic mass is 16.5. The highest BCUT2D eigenvalue weighted by Crippen LogP contribution is 2.46. The Morgan fingerprint density at radius 1 is 1.29 bits per heavy atom. The number of ether oxygens (including phenoxy) is 1. The number of aliphatic carboxylic acids is 1. The van der Waals surface area contributed by atoms with Crippen molar-refractivity contribution in [3.63, 3.8) is 0 Å². The Hall–Kier alpha value is -2.67. The van der Waals surface area contributed by atoms with Crippen molar-refractivity contribution < 1.29 is 24.2 Å². The van der Waals surface area contributed by atoms with Gasteiger partial charge in [-0.3, -0.25) is 24.6 Å². The second-order valence-corrected chi connectivity index (χ2v) is 7.56. The molecule has 28 heavy (non-hydrogen) atoms. The van der Waals surface area contributed by atoms with Crippen LogP contribution in [0.25, 0.3) is 6.08 Å². The number of hydrogen-bond acceptors (Lipinski definition) is 5. The molecule has 1 aromatic carbocycles. The van der Waals surface area contributed by atoms with Gasteiger partial charge in [-0.15, -0.1) is 0 Å². The van der Waals surface area contributed by atoms with Crippen LogP contribution in [0, 0.1) is 17.8 Å². The number of nitrogens with one attached hydrogen (secondary N) is 1. The molecular formula is C21H26N2O5. The van der Waals surface area contributed by atoms with Gasteiger partial charge in [0.05, 0.1) is 18.9 Å². The highest BCUT2D eigenvalue weighted by molar-refractivity contribution is 6.09. The van der Waals surface area contributed by atoms with Crippen LogP contribution in [-0.2, 0) is 14.4 Å². The normalized spacial score (nSPS) is 29.8. The minimum atomic E-state index is -1.48. The zero-order chi connectivity index (χ0) is 20.6. The molecule has 2 N–H and O–H groups in total. The lowest BCUT2D eigenvalue weighted by Crippen LogP contribution is -2.60. The number of nitrogens with zero attached hydrogens (tertiary/aromatic N) is 1. The Morgan fingerprint density at radius 3 is 2.43 bits per heavy atom. The first kappa shape index (κ1) is 20.1. The van der Waals surface area contributed by atoms with E-state index in [-0.39, 0.29) is 18.4 Å². The number of carboxylic acid groups (broad SMARTS) is 1. The summed E-state index contributed by atoms with van der Waals surface area (Å²) in [6, 6.07) is 6.84. The maximum absolute atomic E-state index is 12.9. The van der Waals surface area contributed by atoms with Gasteiger partial charge in [0.25, 0.3) is 0 Å². The van der Waals surface area contributed by atoms with Crippen LogP contribution < -0.4 is 10.1 Å². The largest absolute Gasteiger partial charge is 0.497 e. The van der Waals surface area contributed by atoms with Gasteiger partial charge in [0.15, 0.2) is 0 Å². The summed E-state index contributed by atoms with van der Waals surface area (Å²) in [5.74, 6) is -3.08. The second-order valence-electron chi connectivity index (χ2n) is 7.56. The molecule has 0 aromatic heterocycles. The molecule has 7 heteroatoms. The smallest absolute Gasteiger partial charge is 0.325 e. The molecule has 2 heterocycles. The zero-order valence-corrected chi connectivity index (χ0v) is 16.5. The van der Waals surface area contributed by atoms with E-state index in [0.717, 1.165) is 11.3 Å². The minimum Gasteiger partial charge on any atom is -0.497 e. The van der Waals surface area contributed by atoms with Crippen molar-refractivity contribution >= 4 is 23.9 Å². The lowest BCUT2D eigenvalue weighted by Gasteiger charge is -2.34. The number of hydrogen-bond donors (Lipinski definition) is 2. The molecule has 2 amide bonds. The van der Waals surface area contributed by atoms with E-state index in [4.69, 9.17) is 4.74 Å². The average molecular weight is 386 g/mol. The summed E-state index contributed by atoms with van der Waals surface area (Å²) >= 11 is 0. The number of rotatable bonds is 6. The summed E-state index contributed by atoms with van der Waals surface area (Å²) in [7, 11) is 1.59.